The molecular weight excluding hydrogens is 307 g/mol. The Morgan fingerprint density at radius 3 is 2.65 bits per heavy atom. The molecule has 1 aromatic heterocycles. The normalized spacial score (nSPS) is 11.1. The molecule has 0 unspecified atom stereocenters. The van der Waals surface area contributed by atoms with E-state index in [0.717, 1.165) is 0 Å². The van der Waals surface area contributed by atoms with Gasteiger partial charge in [-0.15, -0.1) is 13.2 Å². The van der Waals surface area contributed by atoms with Crippen LogP contribution in [-0.4, -0.2) is 23.9 Å². The molecule has 0 fully saturated rings. The van der Waals surface area contributed by atoms with E-state index in [1.165, 1.54) is 12.1 Å². The lowest BCUT2D eigenvalue weighted by Gasteiger charge is -2.10. The molecule has 0 atom stereocenters. The van der Waals surface area contributed by atoms with Crippen molar-refractivity contribution in [3.63, 3.8) is 0 Å². The number of carbonyl (C=O) groups is 1. The number of ether oxygens (including phenoxy) is 2. The second kappa shape index (κ2) is 5.35. The molecule has 8 heteroatoms. The predicted octanol–water partition coefficient (Wildman–Crippen LogP) is 2.92. The van der Waals surface area contributed by atoms with Crippen molar-refractivity contribution in [1.82, 2.24) is 4.98 Å². The van der Waals surface area contributed by atoms with Crippen LogP contribution in [0.3, 0.4) is 0 Å². The fourth-order valence-corrected chi connectivity index (χ4v) is 1.23. The van der Waals surface area contributed by atoms with E-state index >= 15 is 0 Å². The van der Waals surface area contributed by atoms with Gasteiger partial charge in [-0.2, -0.15) is 0 Å². The third-order valence-electron chi connectivity index (χ3n) is 1.51. The quantitative estimate of drug-likeness (QED) is 0.805. The smallest absolute Gasteiger partial charge is 0.461 e. The highest BCUT2D eigenvalue weighted by molar-refractivity contribution is 9.10. The minimum absolute atomic E-state index is 0.0112. The second-order valence-electron chi connectivity index (χ2n) is 2.75. The summed E-state index contributed by atoms with van der Waals surface area (Å²) >= 11 is 2.83. The average molecular weight is 314 g/mol. The monoisotopic (exact) mass is 313 g/mol. The topological polar surface area (TPSA) is 48.4 Å². The first-order valence-electron chi connectivity index (χ1n) is 4.43. The molecule has 0 bridgehead atoms. The van der Waals surface area contributed by atoms with Crippen LogP contribution in [0.1, 0.15) is 17.4 Å². The summed E-state index contributed by atoms with van der Waals surface area (Å²) < 4.78 is 44.2. The van der Waals surface area contributed by atoms with Gasteiger partial charge >= 0.3 is 12.3 Å². The van der Waals surface area contributed by atoms with Crippen LogP contribution in [0, 0.1) is 0 Å². The van der Waals surface area contributed by atoms with E-state index < -0.39 is 18.2 Å². The minimum atomic E-state index is -4.87. The lowest BCUT2D eigenvalue weighted by molar-refractivity contribution is -0.276. The summed E-state index contributed by atoms with van der Waals surface area (Å²) in [5, 5.41) is 0. The highest BCUT2D eigenvalue weighted by Crippen LogP contribution is 2.28. The largest absolute Gasteiger partial charge is 0.574 e. The van der Waals surface area contributed by atoms with Crippen molar-refractivity contribution in [2.24, 2.45) is 0 Å². The highest BCUT2D eigenvalue weighted by atomic mass is 79.9. The van der Waals surface area contributed by atoms with Crippen molar-refractivity contribution < 1.29 is 27.4 Å². The van der Waals surface area contributed by atoms with Gasteiger partial charge in [0.15, 0.2) is 5.69 Å². The Bertz CT molecular complexity index is 422. The molecule has 0 radical (unpaired) electrons. The van der Waals surface area contributed by atoms with E-state index in [2.05, 4.69) is 30.4 Å². The maximum absolute atomic E-state index is 12.0. The van der Waals surface area contributed by atoms with Gasteiger partial charge in [-0.25, -0.2) is 9.78 Å². The Morgan fingerprint density at radius 1 is 1.47 bits per heavy atom. The molecule has 0 spiro atoms. The first-order valence-corrected chi connectivity index (χ1v) is 5.22. The van der Waals surface area contributed by atoms with Crippen molar-refractivity contribution in [3.05, 3.63) is 22.3 Å². The molecule has 1 heterocycles. The molecule has 1 aromatic rings. The van der Waals surface area contributed by atoms with Crippen molar-refractivity contribution in [2.75, 3.05) is 6.61 Å². The molecule has 0 aliphatic heterocycles. The number of aromatic nitrogens is 1. The molecule has 0 N–H and O–H groups in total. The molecule has 4 nitrogen and oxygen atoms in total. The number of rotatable bonds is 3. The molecule has 0 aliphatic rings. The Balaban J connectivity index is 2.98. The molecule has 94 valence electrons. The molecule has 0 aromatic carbocycles. The zero-order valence-electron chi connectivity index (χ0n) is 8.55. The van der Waals surface area contributed by atoms with Crippen LogP contribution in [0.5, 0.6) is 5.88 Å². The van der Waals surface area contributed by atoms with Crippen LogP contribution in [0.25, 0.3) is 0 Å². The van der Waals surface area contributed by atoms with E-state index in [-0.39, 0.29) is 16.8 Å². The molecule has 17 heavy (non-hydrogen) atoms. The molecule has 0 amide bonds. The average Bonchev–Trinajstić information content (AvgIpc) is 2.19. The summed E-state index contributed by atoms with van der Waals surface area (Å²) in [5.74, 6) is -1.55. The third kappa shape index (κ3) is 4.22. The number of nitrogens with zero attached hydrogens (tertiary/aromatic N) is 1. The molecular formula is C9H7BrF3NO3. The lowest BCUT2D eigenvalue weighted by atomic mass is 10.3. The van der Waals surface area contributed by atoms with Gasteiger partial charge in [0, 0.05) is 0 Å². The number of alkyl halides is 3. The summed E-state index contributed by atoms with van der Waals surface area (Å²) in [4.78, 5) is 14.6. The SMILES string of the molecule is CCOC(=O)c1ccc(Br)c(OC(F)(F)F)n1. The summed E-state index contributed by atoms with van der Waals surface area (Å²) in [5.41, 5.74) is -0.255. The zero-order chi connectivity index (χ0) is 13.1. The third-order valence-corrected chi connectivity index (χ3v) is 2.11. The van der Waals surface area contributed by atoms with Crippen molar-refractivity contribution in [1.29, 1.82) is 0 Å². The first-order chi connectivity index (χ1) is 7.83. The van der Waals surface area contributed by atoms with E-state index in [1.54, 1.807) is 6.92 Å². The molecule has 0 aliphatic carbocycles. The van der Waals surface area contributed by atoms with E-state index in [4.69, 9.17) is 0 Å². The summed E-state index contributed by atoms with van der Waals surface area (Å²) in [6.45, 7) is 1.68. The highest BCUT2D eigenvalue weighted by Gasteiger charge is 2.33. The minimum Gasteiger partial charge on any atom is -0.461 e. The Kier molecular flexibility index (Phi) is 4.33. The standard InChI is InChI=1S/C9H7BrF3NO3/c1-2-16-8(15)6-4-3-5(10)7(14-6)17-9(11,12)13/h3-4H,2H2,1H3. The van der Waals surface area contributed by atoms with E-state index in [9.17, 15) is 18.0 Å². The van der Waals surface area contributed by atoms with Crippen LogP contribution in [0.15, 0.2) is 16.6 Å². The number of carbonyl (C=O) groups excluding carboxylic acids is 1. The number of pyridine rings is 1. The van der Waals surface area contributed by atoms with Gasteiger partial charge in [-0.1, -0.05) is 0 Å². The van der Waals surface area contributed by atoms with Crippen molar-refractivity contribution >= 4 is 21.9 Å². The van der Waals surface area contributed by atoms with Crippen LogP contribution >= 0.6 is 15.9 Å². The fraction of sp³-hybridized carbons (Fsp3) is 0.333. The number of esters is 1. The van der Waals surface area contributed by atoms with E-state index in [1.807, 2.05) is 0 Å². The van der Waals surface area contributed by atoms with Gasteiger partial charge in [0.25, 0.3) is 0 Å². The van der Waals surface area contributed by atoms with Crippen LogP contribution in [0.4, 0.5) is 13.2 Å². The molecule has 0 saturated carbocycles. The summed E-state index contributed by atoms with van der Waals surface area (Å²) in [7, 11) is 0. The van der Waals surface area contributed by atoms with Gasteiger partial charge in [-0.3, -0.25) is 0 Å². The summed E-state index contributed by atoms with van der Waals surface area (Å²) in [6, 6.07) is 2.45. The van der Waals surface area contributed by atoms with Crippen LogP contribution in [0.2, 0.25) is 0 Å². The second-order valence-corrected chi connectivity index (χ2v) is 3.61. The predicted molar refractivity (Wildman–Crippen MR) is 54.6 cm³/mol. The van der Waals surface area contributed by atoms with Gasteiger partial charge in [-0.05, 0) is 35.0 Å². The Morgan fingerprint density at radius 2 is 2.12 bits per heavy atom. The van der Waals surface area contributed by atoms with Crippen LogP contribution in [-0.2, 0) is 4.74 Å². The van der Waals surface area contributed by atoms with Gasteiger partial charge in [0.2, 0.25) is 5.88 Å². The lowest BCUT2D eigenvalue weighted by Crippen LogP contribution is -2.19. The number of hydrogen-bond acceptors (Lipinski definition) is 4. The van der Waals surface area contributed by atoms with Gasteiger partial charge in [0.05, 0.1) is 11.1 Å². The number of halogens is 4. The fourth-order valence-electron chi connectivity index (χ4n) is 0.923. The van der Waals surface area contributed by atoms with Crippen molar-refractivity contribution in [3.8, 4) is 5.88 Å². The maximum atomic E-state index is 12.0. The van der Waals surface area contributed by atoms with Crippen LogP contribution < -0.4 is 4.74 Å². The maximum Gasteiger partial charge on any atom is 0.574 e. The number of hydrogen-bond donors (Lipinski definition) is 0. The van der Waals surface area contributed by atoms with Gasteiger partial charge in [0.1, 0.15) is 0 Å². The van der Waals surface area contributed by atoms with E-state index in [0.29, 0.717) is 0 Å². The Labute approximate surface area is 103 Å². The Hall–Kier alpha value is -1.31. The molecule has 1 rings (SSSR count). The van der Waals surface area contributed by atoms with Crippen molar-refractivity contribution in [2.45, 2.75) is 13.3 Å². The zero-order valence-corrected chi connectivity index (χ0v) is 10.1. The molecule has 0 saturated heterocycles. The first kappa shape index (κ1) is 13.8. The summed E-state index contributed by atoms with van der Waals surface area (Å²) in [6.07, 6.45) is -4.87. The van der Waals surface area contributed by atoms with Gasteiger partial charge < -0.3 is 9.47 Å².